The highest BCUT2D eigenvalue weighted by Crippen LogP contribution is 2.26. The third-order valence-electron chi connectivity index (χ3n) is 2.67. The van der Waals surface area contributed by atoms with Crippen LogP contribution in [0.25, 0.3) is 11.4 Å². The number of rotatable bonds is 5. The summed E-state index contributed by atoms with van der Waals surface area (Å²) in [6.45, 7) is 0.206. The van der Waals surface area contributed by atoms with Gasteiger partial charge in [-0.25, -0.2) is 0 Å². The van der Waals surface area contributed by atoms with E-state index in [0.717, 1.165) is 5.56 Å². The number of para-hydroxylation sites is 2. The van der Waals surface area contributed by atoms with Gasteiger partial charge in [-0.1, -0.05) is 17.3 Å². The van der Waals surface area contributed by atoms with Gasteiger partial charge in [0.15, 0.2) is 18.1 Å². The van der Waals surface area contributed by atoms with E-state index >= 15 is 0 Å². The molecule has 0 spiro atoms. The molecule has 0 aliphatic carbocycles. The summed E-state index contributed by atoms with van der Waals surface area (Å²) in [5.41, 5.74) is 0.947. The molecule has 102 valence electrons. The van der Waals surface area contributed by atoms with Gasteiger partial charge in [-0.3, -0.25) is 0 Å². The molecule has 1 aromatic carbocycles. The molecule has 0 radical (unpaired) electrons. The van der Waals surface area contributed by atoms with Crippen LogP contribution in [0.15, 0.2) is 45.6 Å². The van der Waals surface area contributed by atoms with Crippen LogP contribution in [-0.2, 0) is 6.61 Å². The van der Waals surface area contributed by atoms with E-state index in [4.69, 9.17) is 14.0 Å². The normalized spacial score (nSPS) is 10.4. The average Bonchev–Trinajstić information content (AvgIpc) is 3.16. The van der Waals surface area contributed by atoms with Crippen LogP contribution in [0.2, 0.25) is 0 Å². The van der Waals surface area contributed by atoms with Crippen molar-refractivity contribution in [3.8, 4) is 22.9 Å². The van der Waals surface area contributed by atoms with E-state index in [1.807, 2.05) is 41.1 Å². The Morgan fingerprint density at radius 2 is 2.05 bits per heavy atom. The molecule has 0 aliphatic rings. The van der Waals surface area contributed by atoms with E-state index in [1.165, 1.54) is 0 Å². The SMILES string of the molecule is COc1ccccc1OCc1nc(-c2ccsc2)no1. The zero-order chi connectivity index (χ0) is 13.8. The maximum Gasteiger partial charge on any atom is 0.264 e. The standard InChI is InChI=1S/C14H12N2O3S/c1-17-11-4-2-3-5-12(11)18-8-13-15-14(16-19-13)10-6-7-20-9-10/h2-7,9H,8H2,1H3. The fraction of sp³-hybridized carbons (Fsp3) is 0.143. The van der Waals surface area contributed by atoms with Gasteiger partial charge in [0.25, 0.3) is 5.89 Å². The van der Waals surface area contributed by atoms with Gasteiger partial charge in [0.05, 0.1) is 7.11 Å². The zero-order valence-electron chi connectivity index (χ0n) is 10.8. The lowest BCUT2D eigenvalue weighted by Crippen LogP contribution is -1.97. The fourth-order valence-electron chi connectivity index (χ4n) is 1.70. The van der Waals surface area contributed by atoms with Crippen molar-refractivity contribution in [2.45, 2.75) is 6.61 Å². The van der Waals surface area contributed by atoms with Crippen molar-refractivity contribution < 1.29 is 14.0 Å². The molecule has 0 aliphatic heterocycles. The van der Waals surface area contributed by atoms with Crippen molar-refractivity contribution in [2.24, 2.45) is 0 Å². The molecule has 0 N–H and O–H groups in total. The number of methoxy groups -OCH3 is 1. The minimum atomic E-state index is 0.206. The molecule has 0 saturated heterocycles. The smallest absolute Gasteiger partial charge is 0.264 e. The van der Waals surface area contributed by atoms with Crippen LogP contribution < -0.4 is 9.47 Å². The summed E-state index contributed by atoms with van der Waals surface area (Å²) < 4.78 is 16.0. The molecule has 0 atom stereocenters. The number of hydrogen-bond donors (Lipinski definition) is 0. The maximum absolute atomic E-state index is 5.63. The summed E-state index contributed by atoms with van der Waals surface area (Å²) in [5, 5.41) is 7.86. The van der Waals surface area contributed by atoms with Crippen LogP contribution in [0, 0.1) is 0 Å². The largest absolute Gasteiger partial charge is 0.493 e. The number of thiophene rings is 1. The lowest BCUT2D eigenvalue weighted by Gasteiger charge is -2.07. The molecular weight excluding hydrogens is 276 g/mol. The highest BCUT2D eigenvalue weighted by Gasteiger charge is 2.10. The van der Waals surface area contributed by atoms with Gasteiger partial charge in [-0.2, -0.15) is 16.3 Å². The monoisotopic (exact) mass is 288 g/mol. The second-order valence-electron chi connectivity index (χ2n) is 3.96. The molecular formula is C14H12N2O3S. The number of aromatic nitrogens is 2. The second kappa shape index (κ2) is 5.75. The molecule has 6 heteroatoms. The quantitative estimate of drug-likeness (QED) is 0.720. The molecule has 2 heterocycles. The Morgan fingerprint density at radius 1 is 1.20 bits per heavy atom. The fourth-order valence-corrected chi connectivity index (χ4v) is 2.33. The Kier molecular flexibility index (Phi) is 3.64. The lowest BCUT2D eigenvalue weighted by molar-refractivity contribution is 0.233. The molecule has 20 heavy (non-hydrogen) atoms. The first-order valence-electron chi connectivity index (χ1n) is 5.98. The number of benzene rings is 1. The predicted octanol–water partition coefficient (Wildman–Crippen LogP) is 3.39. The van der Waals surface area contributed by atoms with E-state index in [-0.39, 0.29) is 6.61 Å². The van der Waals surface area contributed by atoms with Crippen molar-refractivity contribution in [2.75, 3.05) is 7.11 Å². The van der Waals surface area contributed by atoms with Gasteiger partial charge in [0, 0.05) is 10.9 Å². The topological polar surface area (TPSA) is 57.4 Å². The number of hydrogen-bond acceptors (Lipinski definition) is 6. The molecule has 2 aromatic heterocycles. The molecule has 5 nitrogen and oxygen atoms in total. The van der Waals surface area contributed by atoms with E-state index in [1.54, 1.807) is 18.4 Å². The van der Waals surface area contributed by atoms with Gasteiger partial charge >= 0.3 is 0 Å². The van der Waals surface area contributed by atoms with Crippen LogP contribution in [0.5, 0.6) is 11.5 Å². The minimum absolute atomic E-state index is 0.206. The first kappa shape index (κ1) is 12.7. The van der Waals surface area contributed by atoms with Crippen LogP contribution in [-0.4, -0.2) is 17.3 Å². The molecule has 0 amide bonds. The predicted molar refractivity (Wildman–Crippen MR) is 74.9 cm³/mol. The van der Waals surface area contributed by atoms with Gasteiger partial charge in [0.2, 0.25) is 5.82 Å². The highest BCUT2D eigenvalue weighted by molar-refractivity contribution is 7.08. The Bertz CT molecular complexity index is 679. The molecule has 0 unspecified atom stereocenters. The van der Waals surface area contributed by atoms with Crippen molar-refractivity contribution in [3.05, 3.63) is 47.0 Å². The van der Waals surface area contributed by atoms with Gasteiger partial charge in [-0.15, -0.1) is 0 Å². The Balaban J connectivity index is 1.70. The van der Waals surface area contributed by atoms with Crippen molar-refractivity contribution in [1.29, 1.82) is 0 Å². The molecule has 3 aromatic rings. The summed E-state index contributed by atoms with van der Waals surface area (Å²) in [6, 6.07) is 9.37. The van der Waals surface area contributed by atoms with Crippen molar-refractivity contribution >= 4 is 11.3 Å². The van der Waals surface area contributed by atoms with Crippen LogP contribution in [0.3, 0.4) is 0 Å². The molecule has 0 saturated carbocycles. The first-order valence-corrected chi connectivity index (χ1v) is 6.92. The van der Waals surface area contributed by atoms with Crippen molar-refractivity contribution in [3.63, 3.8) is 0 Å². The zero-order valence-corrected chi connectivity index (χ0v) is 11.6. The molecule has 0 bridgehead atoms. The van der Waals surface area contributed by atoms with E-state index < -0.39 is 0 Å². The Labute approximate surface area is 119 Å². The summed E-state index contributed by atoms with van der Waals surface area (Å²) in [7, 11) is 1.60. The Hall–Kier alpha value is -2.34. The maximum atomic E-state index is 5.63. The van der Waals surface area contributed by atoms with Gasteiger partial charge in [-0.05, 0) is 23.6 Å². The van der Waals surface area contributed by atoms with E-state index in [0.29, 0.717) is 23.2 Å². The first-order chi connectivity index (χ1) is 9.86. The van der Waals surface area contributed by atoms with E-state index in [9.17, 15) is 0 Å². The highest BCUT2D eigenvalue weighted by atomic mass is 32.1. The van der Waals surface area contributed by atoms with Crippen molar-refractivity contribution in [1.82, 2.24) is 10.1 Å². The van der Waals surface area contributed by atoms with Crippen LogP contribution in [0.1, 0.15) is 5.89 Å². The Morgan fingerprint density at radius 3 is 2.80 bits per heavy atom. The third kappa shape index (κ3) is 2.65. The van der Waals surface area contributed by atoms with Crippen LogP contribution in [0.4, 0.5) is 0 Å². The number of ether oxygens (including phenoxy) is 2. The third-order valence-corrected chi connectivity index (χ3v) is 3.35. The van der Waals surface area contributed by atoms with Crippen LogP contribution >= 0.6 is 11.3 Å². The molecule has 0 fully saturated rings. The number of nitrogens with zero attached hydrogens (tertiary/aromatic N) is 2. The summed E-state index contributed by atoms with van der Waals surface area (Å²) in [5.74, 6) is 2.32. The van der Waals surface area contributed by atoms with Gasteiger partial charge < -0.3 is 14.0 Å². The molecule has 3 rings (SSSR count). The summed E-state index contributed by atoms with van der Waals surface area (Å²) >= 11 is 1.59. The summed E-state index contributed by atoms with van der Waals surface area (Å²) in [4.78, 5) is 4.29. The van der Waals surface area contributed by atoms with E-state index in [2.05, 4.69) is 10.1 Å². The lowest BCUT2D eigenvalue weighted by atomic mass is 10.3. The minimum Gasteiger partial charge on any atom is -0.493 e. The summed E-state index contributed by atoms with van der Waals surface area (Å²) in [6.07, 6.45) is 0. The second-order valence-corrected chi connectivity index (χ2v) is 4.74. The average molecular weight is 288 g/mol. The van der Waals surface area contributed by atoms with Gasteiger partial charge in [0.1, 0.15) is 0 Å².